The van der Waals surface area contributed by atoms with Gasteiger partial charge in [-0.2, -0.15) is 0 Å². The monoisotopic (exact) mass is 412 g/mol. The van der Waals surface area contributed by atoms with Crippen molar-refractivity contribution in [1.82, 2.24) is 4.98 Å². The molecular weight excluding hydrogens is 403 g/mol. The van der Waals surface area contributed by atoms with Gasteiger partial charge in [-0.15, -0.1) is 11.3 Å². The van der Waals surface area contributed by atoms with Crippen LogP contribution in [0.5, 0.6) is 5.75 Å². The molecule has 0 aliphatic heterocycles. The van der Waals surface area contributed by atoms with Gasteiger partial charge < -0.3 is 10.1 Å². The van der Waals surface area contributed by atoms with Crippen LogP contribution in [0.1, 0.15) is 15.2 Å². The molecule has 2 heterocycles. The molecule has 0 unspecified atom stereocenters. The average molecular weight is 414 g/mol. The number of thiophene rings is 1. The molecular formula is C17H11Cl3N2O2S. The van der Waals surface area contributed by atoms with Crippen molar-refractivity contribution in [3.8, 4) is 5.75 Å². The lowest BCUT2D eigenvalue weighted by atomic mass is 10.3. The van der Waals surface area contributed by atoms with Crippen LogP contribution in [0.15, 0.2) is 48.0 Å². The van der Waals surface area contributed by atoms with Gasteiger partial charge in [-0.25, -0.2) is 4.98 Å². The predicted molar refractivity (Wildman–Crippen MR) is 102 cm³/mol. The summed E-state index contributed by atoms with van der Waals surface area (Å²) in [5, 5.41) is 5.73. The van der Waals surface area contributed by atoms with Crippen molar-refractivity contribution in [2.75, 3.05) is 5.32 Å². The predicted octanol–water partition coefficient (Wildman–Crippen LogP) is 5.93. The number of ether oxygens (including phenoxy) is 1. The Morgan fingerprint density at radius 3 is 2.72 bits per heavy atom. The molecule has 25 heavy (non-hydrogen) atoms. The number of benzene rings is 1. The lowest BCUT2D eigenvalue weighted by Crippen LogP contribution is -2.11. The molecule has 0 saturated heterocycles. The number of aromatic nitrogens is 1. The lowest BCUT2D eigenvalue weighted by Gasteiger charge is -2.06. The number of amides is 1. The summed E-state index contributed by atoms with van der Waals surface area (Å²) in [5.74, 6) is 0.558. The van der Waals surface area contributed by atoms with Gasteiger partial charge in [0.2, 0.25) is 0 Å². The third kappa shape index (κ3) is 4.64. The molecule has 0 radical (unpaired) electrons. The summed E-state index contributed by atoms with van der Waals surface area (Å²) in [6.07, 6.45) is 1.42. The summed E-state index contributed by atoms with van der Waals surface area (Å²) in [6.45, 7) is 0.313. The fourth-order valence-electron chi connectivity index (χ4n) is 1.97. The van der Waals surface area contributed by atoms with Gasteiger partial charge in [0.1, 0.15) is 12.4 Å². The Labute approximate surface area is 163 Å². The van der Waals surface area contributed by atoms with Gasteiger partial charge in [-0.3, -0.25) is 4.79 Å². The van der Waals surface area contributed by atoms with Crippen LogP contribution in [0.3, 0.4) is 0 Å². The number of pyridine rings is 1. The summed E-state index contributed by atoms with van der Waals surface area (Å²) in [7, 11) is 0. The molecule has 0 fully saturated rings. The first-order valence-corrected chi connectivity index (χ1v) is 9.11. The number of anilines is 1. The molecule has 0 saturated carbocycles. The van der Waals surface area contributed by atoms with Crippen LogP contribution < -0.4 is 10.1 Å². The Balaban J connectivity index is 1.64. The fourth-order valence-corrected chi connectivity index (χ4v) is 3.38. The number of carbonyl (C=O) groups excluding carboxylic acids is 1. The normalized spacial score (nSPS) is 10.5. The summed E-state index contributed by atoms with van der Waals surface area (Å²) in [5.41, 5.74) is 0.866. The maximum absolute atomic E-state index is 12.3. The van der Waals surface area contributed by atoms with Crippen LogP contribution in [0.4, 0.5) is 5.82 Å². The summed E-state index contributed by atoms with van der Waals surface area (Å²) >= 11 is 19.1. The lowest BCUT2D eigenvalue weighted by molar-refractivity contribution is 0.103. The van der Waals surface area contributed by atoms with Crippen molar-refractivity contribution in [3.63, 3.8) is 0 Å². The number of nitrogens with zero attached hydrogens (tertiary/aromatic N) is 1. The first-order chi connectivity index (χ1) is 12.0. The minimum atomic E-state index is -0.300. The SMILES string of the molecule is O=C(Nc1ncc(Cl)cc1Cl)c1cc(COc2ccccc2Cl)cs1. The summed E-state index contributed by atoms with van der Waals surface area (Å²) < 4.78 is 5.66. The van der Waals surface area contributed by atoms with Gasteiger partial charge in [0, 0.05) is 11.8 Å². The third-order valence-corrected chi connectivity index (χ3v) is 4.93. The van der Waals surface area contributed by atoms with Gasteiger partial charge in [0.05, 0.1) is 19.9 Å². The van der Waals surface area contributed by atoms with Crippen molar-refractivity contribution in [2.24, 2.45) is 0 Å². The van der Waals surface area contributed by atoms with E-state index in [1.54, 1.807) is 18.2 Å². The molecule has 0 atom stereocenters. The molecule has 2 aromatic heterocycles. The number of carbonyl (C=O) groups is 1. The van der Waals surface area contributed by atoms with E-state index in [9.17, 15) is 4.79 Å². The number of hydrogen-bond acceptors (Lipinski definition) is 4. The molecule has 3 aromatic rings. The van der Waals surface area contributed by atoms with E-state index in [0.29, 0.717) is 27.3 Å². The molecule has 4 nitrogen and oxygen atoms in total. The first kappa shape index (κ1) is 18.0. The molecule has 128 valence electrons. The van der Waals surface area contributed by atoms with E-state index in [1.165, 1.54) is 23.6 Å². The summed E-state index contributed by atoms with van der Waals surface area (Å²) in [6, 6.07) is 10.5. The van der Waals surface area contributed by atoms with E-state index < -0.39 is 0 Å². The zero-order valence-electron chi connectivity index (χ0n) is 12.6. The van der Waals surface area contributed by atoms with Crippen molar-refractivity contribution in [2.45, 2.75) is 6.61 Å². The number of hydrogen-bond donors (Lipinski definition) is 1. The number of halogens is 3. The highest BCUT2D eigenvalue weighted by Gasteiger charge is 2.13. The molecule has 0 spiro atoms. The zero-order chi connectivity index (χ0) is 17.8. The Bertz CT molecular complexity index is 914. The van der Waals surface area contributed by atoms with Gasteiger partial charge in [0.15, 0.2) is 5.82 Å². The standard InChI is InChI=1S/C17H11Cl3N2O2S/c18-11-6-13(20)16(21-7-11)22-17(23)15-5-10(9-25-15)8-24-14-4-2-1-3-12(14)19/h1-7,9H,8H2,(H,21,22,23). The second kappa shape index (κ2) is 8.06. The maximum atomic E-state index is 12.3. The van der Waals surface area contributed by atoms with Crippen molar-refractivity contribution in [1.29, 1.82) is 0 Å². The number of nitrogens with one attached hydrogen (secondary N) is 1. The third-order valence-electron chi connectivity index (χ3n) is 3.15. The topological polar surface area (TPSA) is 51.2 Å². The van der Waals surface area contributed by atoms with Crippen LogP contribution in [0.2, 0.25) is 15.1 Å². The Kier molecular flexibility index (Phi) is 5.81. The van der Waals surface area contributed by atoms with E-state index >= 15 is 0 Å². The Hall–Kier alpha value is -1.79. The highest BCUT2D eigenvalue weighted by atomic mass is 35.5. The van der Waals surface area contributed by atoms with Crippen LogP contribution in [-0.4, -0.2) is 10.9 Å². The molecule has 1 amide bonds. The molecule has 1 N–H and O–H groups in total. The molecule has 0 aliphatic carbocycles. The second-order valence-electron chi connectivity index (χ2n) is 4.98. The minimum absolute atomic E-state index is 0.262. The highest BCUT2D eigenvalue weighted by Crippen LogP contribution is 2.26. The van der Waals surface area contributed by atoms with Crippen LogP contribution in [0, 0.1) is 0 Å². The average Bonchev–Trinajstić information content (AvgIpc) is 3.06. The van der Waals surface area contributed by atoms with Gasteiger partial charge >= 0.3 is 0 Å². The van der Waals surface area contributed by atoms with Gasteiger partial charge in [-0.1, -0.05) is 46.9 Å². The fraction of sp³-hybridized carbons (Fsp3) is 0.0588. The molecule has 8 heteroatoms. The van der Waals surface area contributed by atoms with Gasteiger partial charge in [-0.05, 0) is 29.6 Å². The van der Waals surface area contributed by atoms with Crippen LogP contribution >= 0.6 is 46.1 Å². The molecule has 3 rings (SSSR count). The molecule has 1 aromatic carbocycles. The Morgan fingerprint density at radius 1 is 1.16 bits per heavy atom. The van der Waals surface area contributed by atoms with E-state index in [1.807, 2.05) is 17.5 Å². The second-order valence-corrected chi connectivity index (χ2v) is 7.14. The van der Waals surface area contributed by atoms with Gasteiger partial charge in [0.25, 0.3) is 5.91 Å². The van der Waals surface area contributed by atoms with E-state index in [-0.39, 0.29) is 16.7 Å². The van der Waals surface area contributed by atoms with Crippen molar-refractivity contribution < 1.29 is 9.53 Å². The van der Waals surface area contributed by atoms with Crippen molar-refractivity contribution in [3.05, 3.63) is 73.5 Å². The minimum Gasteiger partial charge on any atom is -0.487 e. The van der Waals surface area contributed by atoms with Crippen molar-refractivity contribution >= 4 is 57.9 Å². The highest BCUT2D eigenvalue weighted by molar-refractivity contribution is 7.12. The largest absolute Gasteiger partial charge is 0.487 e. The number of para-hydroxylation sites is 1. The summed E-state index contributed by atoms with van der Waals surface area (Å²) in [4.78, 5) is 16.8. The van der Waals surface area contributed by atoms with Crippen LogP contribution in [0.25, 0.3) is 0 Å². The molecule has 0 bridgehead atoms. The smallest absolute Gasteiger partial charge is 0.266 e. The van der Waals surface area contributed by atoms with Crippen LogP contribution in [-0.2, 0) is 6.61 Å². The van der Waals surface area contributed by atoms with E-state index in [4.69, 9.17) is 39.5 Å². The quantitative estimate of drug-likeness (QED) is 0.563. The van der Waals surface area contributed by atoms with E-state index in [2.05, 4.69) is 10.3 Å². The zero-order valence-corrected chi connectivity index (χ0v) is 15.7. The van der Waals surface area contributed by atoms with E-state index in [0.717, 1.165) is 5.56 Å². The number of rotatable bonds is 5. The molecule has 0 aliphatic rings. The Morgan fingerprint density at radius 2 is 1.96 bits per heavy atom. The first-order valence-electron chi connectivity index (χ1n) is 7.10. The maximum Gasteiger partial charge on any atom is 0.266 e.